The lowest BCUT2D eigenvalue weighted by Gasteiger charge is -2.53. The van der Waals surface area contributed by atoms with Gasteiger partial charge in [0, 0.05) is 19.3 Å². The van der Waals surface area contributed by atoms with E-state index >= 15 is 0 Å². The van der Waals surface area contributed by atoms with E-state index in [9.17, 15) is 4.39 Å². The Morgan fingerprint density at radius 1 is 1.25 bits per heavy atom. The molecule has 1 fully saturated rings. The standard InChI is InChI=1S/C17H27FN2/c1-13-11-16(2,3)9-10-17(13,12-19)20(4)15-7-5-14(18)6-8-15/h5-8,13H,9-12,19H2,1-4H3. The van der Waals surface area contributed by atoms with Crippen LogP contribution in [0.15, 0.2) is 24.3 Å². The summed E-state index contributed by atoms with van der Waals surface area (Å²) in [5, 5.41) is 0. The molecule has 0 bridgehead atoms. The number of nitrogens with two attached hydrogens (primary N) is 1. The number of rotatable bonds is 3. The molecule has 0 aromatic heterocycles. The van der Waals surface area contributed by atoms with Gasteiger partial charge in [0.1, 0.15) is 5.82 Å². The largest absolute Gasteiger partial charge is 0.367 e. The second-order valence-corrected chi connectivity index (χ2v) is 7.11. The zero-order valence-electron chi connectivity index (χ0n) is 13.1. The SMILES string of the molecule is CC1CC(C)(C)CCC1(CN)N(C)c1ccc(F)cc1. The Labute approximate surface area is 122 Å². The van der Waals surface area contributed by atoms with Gasteiger partial charge in [-0.25, -0.2) is 4.39 Å². The highest BCUT2D eigenvalue weighted by Crippen LogP contribution is 2.46. The number of hydrogen-bond donors (Lipinski definition) is 1. The number of likely N-dealkylation sites (N-methyl/N-ethyl adjacent to an activating group) is 1. The first kappa shape index (κ1) is 15.3. The maximum Gasteiger partial charge on any atom is 0.123 e. The summed E-state index contributed by atoms with van der Waals surface area (Å²) in [6.45, 7) is 7.61. The van der Waals surface area contributed by atoms with Crippen LogP contribution < -0.4 is 10.6 Å². The molecule has 0 spiro atoms. The van der Waals surface area contributed by atoms with E-state index in [-0.39, 0.29) is 11.4 Å². The summed E-state index contributed by atoms with van der Waals surface area (Å²) in [4.78, 5) is 2.27. The van der Waals surface area contributed by atoms with Gasteiger partial charge in [0.25, 0.3) is 0 Å². The summed E-state index contributed by atoms with van der Waals surface area (Å²) in [6, 6.07) is 6.74. The summed E-state index contributed by atoms with van der Waals surface area (Å²) in [5.74, 6) is 0.327. The molecule has 112 valence electrons. The Hall–Kier alpha value is -1.09. The molecule has 1 aromatic rings. The Balaban J connectivity index is 2.29. The van der Waals surface area contributed by atoms with E-state index in [2.05, 4.69) is 32.7 Å². The predicted octanol–water partition coefficient (Wildman–Crippen LogP) is 3.81. The van der Waals surface area contributed by atoms with Gasteiger partial charge in [0.15, 0.2) is 0 Å². The van der Waals surface area contributed by atoms with Crippen molar-refractivity contribution >= 4 is 5.69 Å². The zero-order valence-corrected chi connectivity index (χ0v) is 13.1. The highest BCUT2D eigenvalue weighted by Gasteiger charge is 2.45. The van der Waals surface area contributed by atoms with Crippen molar-refractivity contribution in [1.82, 2.24) is 0 Å². The van der Waals surface area contributed by atoms with Gasteiger partial charge in [-0.1, -0.05) is 20.8 Å². The van der Waals surface area contributed by atoms with Crippen LogP contribution in [-0.2, 0) is 0 Å². The first-order valence-electron chi connectivity index (χ1n) is 7.50. The van der Waals surface area contributed by atoms with Gasteiger partial charge in [-0.2, -0.15) is 0 Å². The molecule has 2 N–H and O–H groups in total. The van der Waals surface area contributed by atoms with Gasteiger partial charge in [-0.15, -0.1) is 0 Å². The third kappa shape index (κ3) is 2.69. The molecule has 2 nitrogen and oxygen atoms in total. The van der Waals surface area contributed by atoms with Gasteiger partial charge in [-0.3, -0.25) is 0 Å². The van der Waals surface area contributed by atoms with E-state index in [1.807, 2.05) is 12.1 Å². The first-order chi connectivity index (χ1) is 9.31. The number of benzene rings is 1. The van der Waals surface area contributed by atoms with Crippen LogP contribution in [0.2, 0.25) is 0 Å². The van der Waals surface area contributed by atoms with Crippen molar-refractivity contribution in [2.24, 2.45) is 17.1 Å². The molecule has 1 aliphatic carbocycles. The molecule has 0 aliphatic heterocycles. The van der Waals surface area contributed by atoms with Crippen LogP contribution in [0.3, 0.4) is 0 Å². The van der Waals surface area contributed by atoms with E-state index in [0.717, 1.165) is 12.1 Å². The van der Waals surface area contributed by atoms with Crippen LogP contribution in [0.5, 0.6) is 0 Å². The van der Waals surface area contributed by atoms with Crippen LogP contribution >= 0.6 is 0 Å². The minimum atomic E-state index is -0.193. The van der Waals surface area contributed by atoms with Crippen molar-refractivity contribution in [3.8, 4) is 0 Å². The summed E-state index contributed by atoms with van der Waals surface area (Å²) >= 11 is 0. The van der Waals surface area contributed by atoms with Crippen molar-refractivity contribution < 1.29 is 4.39 Å². The quantitative estimate of drug-likeness (QED) is 0.911. The van der Waals surface area contributed by atoms with E-state index in [0.29, 0.717) is 17.9 Å². The molecule has 1 saturated carbocycles. The van der Waals surface area contributed by atoms with Crippen molar-refractivity contribution in [2.75, 3.05) is 18.5 Å². The Morgan fingerprint density at radius 2 is 1.85 bits per heavy atom. The number of anilines is 1. The maximum absolute atomic E-state index is 13.1. The average Bonchev–Trinajstić information content (AvgIpc) is 2.39. The Kier molecular flexibility index (Phi) is 4.10. The Bertz CT molecular complexity index is 455. The van der Waals surface area contributed by atoms with E-state index in [1.54, 1.807) is 0 Å². The molecule has 2 unspecified atom stereocenters. The van der Waals surface area contributed by atoms with Gasteiger partial charge in [0.05, 0.1) is 5.54 Å². The topological polar surface area (TPSA) is 29.3 Å². The summed E-state index contributed by atoms with van der Waals surface area (Å²) in [5.41, 5.74) is 7.58. The molecule has 2 atom stereocenters. The molecule has 20 heavy (non-hydrogen) atoms. The number of nitrogens with zero attached hydrogens (tertiary/aromatic N) is 1. The normalized spacial score (nSPS) is 29.2. The lowest BCUT2D eigenvalue weighted by atomic mass is 9.63. The van der Waals surface area contributed by atoms with Crippen LogP contribution in [0.1, 0.15) is 40.0 Å². The molecular formula is C17H27FN2. The van der Waals surface area contributed by atoms with Gasteiger partial charge < -0.3 is 10.6 Å². The van der Waals surface area contributed by atoms with E-state index in [4.69, 9.17) is 5.73 Å². The fourth-order valence-corrected chi connectivity index (χ4v) is 3.78. The molecular weight excluding hydrogens is 251 g/mol. The zero-order chi connectivity index (χ0) is 15.0. The van der Waals surface area contributed by atoms with Gasteiger partial charge in [-0.05, 0) is 54.9 Å². The number of halogens is 1. The van der Waals surface area contributed by atoms with E-state index < -0.39 is 0 Å². The smallest absolute Gasteiger partial charge is 0.123 e. The third-order valence-electron chi connectivity index (χ3n) is 5.25. The lowest BCUT2D eigenvalue weighted by molar-refractivity contribution is 0.103. The molecule has 1 aromatic carbocycles. The minimum absolute atomic E-state index is 0.0205. The second kappa shape index (κ2) is 5.36. The molecule has 2 rings (SSSR count). The third-order valence-corrected chi connectivity index (χ3v) is 5.25. The van der Waals surface area contributed by atoms with Crippen molar-refractivity contribution in [1.29, 1.82) is 0 Å². The van der Waals surface area contributed by atoms with Crippen molar-refractivity contribution in [3.63, 3.8) is 0 Å². The Morgan fingerprint density at radius 3 is 2.35 bits per heavy atom. The highest BCUT2D eigenvalue weighted by atomic mass is 19.1. The summed E-state index contributed by atoms with van der Waals surface area (Å²) in [6.07, 6.45) is 3.45. The first-order valence-corrected chi connectivity index (χ1v) is 7.50. The molecule has 1 aliphatic rings. The van der Waals surface area contributed by atoms with Crippen molar-refractivity contribution in [3.05, 3.63) is 30.1 Å². The monoisotopic (exact) mass is 278 g/mol. The number of hydrogen-bond acceptors (Lipinski definition) is 2. The van der Waals surface area contributed by atoms with Crippen LogP contribution in [-0.4, -0.2) is 19.1 Å². The fourth-order valence-electron chi connectivity index (χ4n) is 3.78. The fraction of sp³-hybridized carbons (Fsp3) is 0.647. The predicted molar refractivity (Wildman–Crippen MR) is 83.4 cm³/mol. The lowest BCUT2D eigenvalue weighted by Crippen LogP contribution is -2.60. The molecule has 3 heteroatoms. The molecule has 0 radical (unpaired) electrons. The highest BCUT2D eigenvalue weighted by molar-refractivity contribution is 5.49. The van der Waals surface area contributed by atoms with Crippen LogP contribution in [0.25, 0.3) is 0 Å². The molecule has 0 saturated heterocycles. The van der Waals surface area contributed by atoms with Crippen molar-refractivity contribution in [2.45, 2.75) is 45.6 Å². The summed E-state index contributed by atoms with van der Waals surface area (Å²) in [7, 11) is 2.09. The molecule has 0 heterocycles. The van der Waals surface area contributed by atoms with Gasteiger partial charge >= 0.3 is 0 Å². The second-order valence-electron chi connectivity index (χ2n) is 7.11. The van der Waals surface area contributed by atoms with E-state index in [1.165, 1.54) is 25.0 Å². The average molecular weight is 278 g/mol. The summed E-state index contributed by atoms with van der Waals surface area (Å²) < 4.78 is 13.1. The molecule has 0 amide bonds. The van der Waals surface area contributed by atoms with Crippen LogP contribution in [0.4, 0.5) is 10.1 Å². The maximum atomic E-state index is 13.1. The minimum Gasteiger partial charge on any atom is -0.367 e. The van der Waals surface area contributed by atoms with Crippen LogP contribution in [0, 0.1) is 17.2 Å². The van der Waals surface area contributed by atoms with Gasteiger partial charge in [0.2, 0.25) is 0 Å².